The highest BCUT2D eigenvalue weighted by atomic mass is 14.6. The first kappa shape index (κ1) is 24.8. The highest BCUT2D eigenvalue weighted by Gasteiger charge is 2.17. The van der Waals surface area contributed by atoms with Crippen molar-refractivity contribution >= 4 is 53.9 Å². The normalized spacial score (nSPS) is 11.6. The molecule has 204 valence electrons. The second-order valence-electron chi connectivity index (χ2n) is 11.6. The van der Waals surface area contributed by atoms with Crippen molar-refractivity contribution in [3.63, 3.8) is 0 Å². The largest absolute Gasteiger partial charge is 0.264 e. The fourth-order valence-electron chi connectivity index (χ4n) is 7.07. The fourth-order valence-corrected chi connectivity index (χ4v) is 7.07. The molecule has 0 fully saturated rings. The third-order valence-corrected chi connectivity index (χ3v) is 9.10. The zero-order valence-corrected chi connectivity index (χ0v) is 24.0. The van der Waals surface area contributed by atoms with E-state index in [1.807, 2.05) is 18.5 Å². The lowest BCUT2D eigenvalue weighted by Gasteiger charge is -2.18. The van der Waals surface area contributed by atoms with Crippen LogP contribution in [0.3, 0.4) is 0 Å². The molecule has 8 aromatic carbocycles. The molecule has 0 bridgehead atoms. The van der Waals surface area contributed by atoms with E-state index in [0.29, 0.717) is 0 Å². The number of aromatic nitrogens is 1. The van der Waals surface area contributed by atoms with Crippen molar-refractivity contribution in [2.24, 2.45) is 0 Å². The van der Waals surface area contributed by atoms with Crippen LogP contribution in [0.2, 0.25) is 0 Å². The molecule has 0 spiro atoms. The van der Waals surface area contributed by atoms with Gasteiger partial charge in [-0.15, -0.1) is 0 Å². The quantitative estimate of drug-likeness (QED) is 0.197. The van der Waals surface area contributed by atoms with Crippen LogP contribution in [0.5, 0.6) is 0 Å². The molecule has 0 atom stereocenters. The topological polar surface area (TPSA) is 12.9 Å². The summed E-state index contributed by atoms with van der Waals surface area (Å²) in [6, 6.07) is 55.5. The molecule has 0 aliphatic rings. The maximum absolute atomic E-state index is 4.35. The third kappa shape index (κ3) is 3.83. The van der Waals surface area contributed by atoms with E-state index in [9.17, 15) is 0 Å². The Morgan fingerprint density at radius 2 is 0.727 bits per heavy atom. The van der Waals surface area contributed by atoms with Gasteiger partial charge in [-0.25, -0.2) is 0 Å². The zero-order chi connectivity index (χ0) is 29.0. The van der Waals surface area contributed by atoms with E-state index in [4.69, 9.17) is 0 Å². The summed E-state index contributed by atoms with van der Waals surface area (Å²) >= 11 is 0. The van der Waals surface area contributed by atoms with E-state index in [2.05, 4.69) is 151 Å². The molecule has 1 nitrogen and oxygen atoms in total. The number of rotatable bonds is 3. The van der Waals surface area contributed by atoms with Gasteiger partial charge in [0, 0.05) is 18.0 Å². The van der Waals surface area contributed by atoms with Gasteiger partial charge in [-0.1, -0.05) is 127 Å². The third-order valence-electron chi connectivity index (χ3n) is 9.10. The van der Waals surface area contributed by atoms with Crippen molar-refractivity contribution in [3.8, 4) is 33.4 Å². The average molecular weight is 558 g/mol. The first-order chi connectivity index (χ1) is 21.8. The van der Waals surface area contributed by atoms with Crippen LogP contribution in [0.1, 0.15) is 0 Å². The molecule has 9 aromatic rings. The Morgan fingerprint density at radius 3 is 1.32 bits per heavy atom. The highest BCUT2D eigenvalue weighted by molar-refractivity contribution is 6.39. The Kier molecular flexibility index (Phi) is 5.57. The van der Waals surface area contributed by atoms with Crippen LogP contribution in [-0.2, 0) is 0 Å². The van der Waals surface area contributed by atoms with Crippen molar-refractivity contribution < 1.29 is 0 Å². The van der Waals surface area contributed by atoms with E-state index in [1.54, 1.807) is 0 Å². The summed E-state index contributed by atoms with van der Waals surface area (Å²) in [5.41, 5.74) is 7.17. The zero-order valence-electron chi connectivity index (χ0n) is 24.0. The van der Waals surface area contributed by atoms with E-state index in [1.165, 1.54) is 81.7 Å². The Balaban J connectivity index is 1.42. The maximum Gasteiger partial charge on any atom is 0.0346 e. The van der Waals surface area contributed by atoms with E-state index < -0.39 is 0 Å². The second kappa shape index (κ2) is 9.90. The van der Waals surface area contributed by atoms with Gasteiger partial charge in [0.25, 0.3) is 0 Å². The van der Waals surface area contributed by atoms with Crippen LogP contribution < -0.4 is 0 Å². The molecule has 1 aromatic heterocycles. The molecule has 0 N–H and O–H groups in total. The minimum absolute atomic E-state index is 1.12. The molecule has 0 unspecified atom stereocenters. The molecular formula is C43H27N. The number of pyridine rings is 1. The molecule has 0 saturated carbocycles. The van der Waals surface area contributed by atoms with Crippen LogP contribution in [0.15, 0.2) is 164 Å². The molecule has 0 aliphatic carbocycles. The maximum atomic E-state index is 4.35. The van der Waals surface area contributed by atoms with Crippen molar-refractivity contribution in [3.05, 3.63) is 164 Å². The standard InChI is InChI=1S/C43H27N/c1-2-10-28(11-3-1)31-19-21-36-37-22-20-32(29-12-8-13-30(24-29)33-14-9-23-44-27-33)26-41(37)43-39-18-7-5-16-35(39)34-15-4-6-17-38(34)42(43)40(36)25-31/h1-27H. The molecule has 0 amide bonds. The van der Waals surface area contributed by atoms with Gasteiger partial charge in [0.1, 0.15) is 0 Å². The number of nitrogens with zero attached hydrogens (tertiary/aromatic N) is 1. The summed E-state index contributed by atoms with van der Waals surface area (Å²) in [7, 11) is 0. The average Bonchev–Trinajstić information content (AvgIpc) is 3.11. The predicted molar refractivity (Wildman–Crippen MR) is 188 cm³/mol. The first-order valence-corrected chi connectivity index (χ1v) is 15.1. The predicted octanol–water partition coefficient (Wildman–Crippen LogP) is 11.8. The van der Waals surface area contributed by atoms with E-state index in [0.717, 1.165) is 5.56 Å². The molecule has 0 saturated heterocycles. The summed E-state index contributed by atoms with van der Waals surface area (Å²) in [6.45, 7) is 0. The van der Waals surface area contributed by atoms with Gasteiger partial charge in [-0.3, -0.25) is 4.98 Å². The van der Waals surface area contributed by atoms with Gasteiger partial charge in [0.05, 0.1) is 0 Å². The van der Waals surface area contributed by atoms with Crippen molar-refractivity contribution in [1.82, 2.24) is 4.98 Å². The van der Waals surface area contributed by atoms with Crippen LogP contribution in [-0.4, -0.2) is 4.98 Å². The van der Waals surface area contributed by atoms with Gasteiger partial charge in [-0.05, 0) is 106 Å². The molecule has 0 radical (unpaired) electrons. The van der Waals surface area contributed by atoms with Crippen molar-refractivity contribution in [2.75, 3.05) is 0 Å². The smallest absolute Gasteiger partial charge is 0.0346 e. The Labute approximate surface area is 255 Å². The second-order valence-corrected chi connectivity index (χ2v) is 11.6. The van der Waals surface area contributed by atoms with Gasteiger partial charge >= 0.3 is 0 Å². The van der Waals surface area contributed by atoms with Crippen LogP contribution in [0.25, 0.3) is 87.2 Å². The Hall–Kier alpha value is -5.79. The first-order valence-electron chi connectivity index (χ1n) is 15.1. The monoisotopic (exact) mass is 557 g/mol. The minimum Gasteiger partial charge on any atom is -0.264 e. The van der Waals surface area contributed by atoms with Gasteiger partial charge < -0.3 is 0 Å². The van der Waals surface area contributed by atoms with E-state index in [-0.39, 0.29) is 0 Å². The SMILES string of the molecule is c1ccc(-c2ccc3c4ccc(-c5cccc(-c6cccnc6)c5)cc4c4c5ccccc5c5ccccc5c4c3c2)cc1. The van der Waals surface area contributed by atoms with Crippen LogP contribution in [0, 0.1) is 0 Å². The molecular weight excluding hydrogens is 530 g/mol. The summed E-state index contributed by atoms with van der Waals surface area (Å²) in [5.74, 6) is 0. The van der Waals surface area contributed by atoms with Crippen LogP contribution >= 0.6 is 0 Å². The fraction of sp³-hybridized carbons (Fsp3) is 0. The summed E-state index contributed by atoms with van der Waals surface area (Å²) in [5, 5.41) is 12.9. The lowest BCUT2D eigenvalue weighted by atomic mass is 9.85. The number of benzene rings is 8. The molecule has 44 heavy (non-hydrogen) atoms. The summed E-state index contributed by atoms with van der Waals surface area (Å²) < 4.78 is 0. The number of fused-ring (bicyclic) bond motifs is 11. The lowest BCUT2D eigenvalue weighted by Crippen LogP contribution is -1.90. The Bertz CT molecular complexity index is 2530. The number of hydrogen-bond donors (Lipinski definition) is 0. The number of hydrogen-bond acceptors (Lipinski definition) is 1. The van der Waals surface area contributed by atoms with Crippen LogP contribution in [0.4, 0.5) is 0 Å². The summed E-state index contributed by atoms with van der Waals surface area (Å²) in [6.07, 6.45) is 3.75. The highest BCUT2D eigenvalue weighted by Crippen LogP contribution is 2.45. The van der Waals surface area contributed by atoms with Gasteiger partial charge in [0.2, 0.25) is 0 Å². The van der Waals surface area contributed by atoms with E-state index >= 15 is 0 Å². The molecule has 0 aliphatic heterocycles. The minimum atomic E-state index is 1.12. The molecule has 1 heteroatoms. The molecule has 9 rings (SSSR count). The summed E-state index contributed by atoms with van der Waals surface area (Å²) in [4.78, 5) is 4.35. The van der Waals surface area contributed by atoms with Crippen molar-refractivity contribution in [2.45, 2.75) is 0 Å². The lowest BCUT2D eigenvalue weighted by molar-refractivity contribution is 1.33. The van der Waals surface area contributed by atoms with Crippen molar-refractivity contribution in [1.29, 1.82) is 0 Å². The molecule has 1 heterocycles. The Morgan fingerprint density at radius 1 is 0.273 bits per heavy atom. The van der Waals surface area contributed by atoms with Gasteiger partial charge in [0.15, 0.2) is 0 Å². The van der Waals surface area contributed by atoms with Gasteiger partial charge in [-0.2, -0.15) is 0 Å².